The summed E-state index contributed by atoms with van der Waals surface area (Å²) in [6, 6.07) is 7.73. The molecule has 0 radical (unpaired) electrons. The lowest BCUT2D eigenvalue weighted by atomic mass is 9.99. The molecule has 1 aromatic carbocycles. The number of hydrogen-bond acceptors (Lipinski definition) is 2. The van der Waals surface area contributed by atoms with E-state index >= 15 is 0 Å². The second kappa shape index (κ2) is 6.74. The van der Waals surface area contributed by atoms with Crippen LogP contribution in [0.15, 0.2) is 24.3 Å². The van der Waals surface area contributed by atoms with Crippen LogP contribution in [0.1, 0.15) is 38.3 Å². The monoisotopic (exact) mass is 288 g/mol. The van der Waals surface area contributed by atoms with Crippen LogP contribution in [0.5, 0.6) is 0 Å². The van der Waals surface area contributed by atoms with Crippen LogP contribution in [0.4, 0.5) is 0 Å². The van der Waals surface area contributed by atoms with Gasteiger partial charge in [0.1, 0.15) is 6.04 Å². The number of carbonyl (C=O) groups excluding carboxylic acids is 2. The number of amides is 2. The van der Waals surface area contributed by atoms with Crippen molar-refractivity contribution in [1.82, 2.24) is 10.2 Å². The van der Waals surface area contributed by atoms with E-state index in [0.29, 0.717) is 18.9 Å². The highest BCUT2D eigenvalue weighted by Crippen LogP contribution is 2.17. The smallest absolute Gasteiger partial charge is 0.245 e. The highest BCUT2D eigenvalue weighted by molar-refractivity contribution is 5.94. The van der Waals surface area contributed by atoms with Crippen LogP contribution in [-0.4, -0.2) is 29.3 Å². The maximum atomic E-state index is 12.5. The molecule has 2 amide bonds. The number of hydrogen-bond donors (Lipinski definition) is 1. The molecule has 0 saturated carbocycles. The topological polar surface area (TPSA) is 49.4 Å². The van der Waals surface area contributed by atoms with E-state index in [1.54, 1.807) is 4.90 Å². The number of carbonyl (C=O) groups is 2. The Labute approximate surface area is 126 Å². The predicted molar refractivity (Wildman–Crippen MR) is 82.6 cm³/mol. The first-order valence-electron chi connectivity index (χ1n) is 7.66. The van der Waals surface area contributed by atoms with E-state index in [1.165, 1.54) is 5.56 Å². The predicted octanol–water partition coefficient (Wildman–Crippen LogP) is 2.12. The van der Waals surface area contributed by atoms with Crippen molar-refractivity contribution in [3.05, 3.63) is 35.4 Å². The van der Waals surface area contributed by atoms with E-state index in [9.17, 15) is 9.59 Å². The molecular weight excluding hydrogens is 264 g/mol. The lowest BCUT2D eigenvalue weighted by Gasteiger charge is -2.33. The van der Waals surface area contributed by atoms with Crippen LogP contribution in [0.2, 0.25) is 0 Å². The van der Waals surface area contributed by atoms with Gasteiger partial charge in [-0.3, -0.25) is 9.59 Å². The summed E-state index contributed by atoms with van der Waals surface area (Å²) < 4.78 is 0. The molecule has 4 heteroatoms. The summed E-state index contributed by atoms with van der Waals surface area (Å²) in [6.45, 7) is 6.90. The fraction of sp³-hybridized carbons (Fsp3) is 0.529. The van der Waals surface area contributed by atoms with E-state index in [-0.39, 0.29) is 24.4 Å². The summed E-state index contributed by atoms with van der Waals surface area (Å²) in [5.74, 6) is 0.352. The standard InChI is InChI=1S/C17H24N2O2/c1-4-13-7-5-6-8-14(13)10-19-11-16(20)18-15(17(19)21)9-12(2)3/h5-8,12,15H,4,9-11H2,1-3H3,(H,18,20). The largest absolute Gasteiger partial charge is 0.343 e. The van der Waals surface area contributed by atoms with E-state index in [0.717, 1.165) is 12.0 Å². The van der Waals surface area contributed by atoms with Crippen molar-refractivity contribution in [3.63, 3.8) is 0 Å². The SMILES string of the molecule is CCc1ccccc1CN1CC(=O)NC(CC(C)C)C1=O. The Hall–Kier alpha value is -1.84. The first-order chi connectivity index (χ1) is 10.0. The normalized spacial score (nSPS) is 19.0. The van der Waals surface area contributed by atoms with Crippen LogP contribution in [0.25, 0.3) is 0 Å². The Morgan fingerprint density at radius 1 is 1.24 bits per heavy atom. The van der Waals surface area contributed by atoms with Gasteiger partial charge in [-0.25, -0.2) is 0 Å². The Morgan fingerprint density at radius 3 is 2.52 bits per heavy atom. The lowest BCUT2D eigenvalue weighted by molar-refractivity contribution is -0.145. The zero-order valence-electron chi connectivity index (χ0n) is 13.1. The summed E-state index contributed by atoms with van der Waals surface area (Å²) in [5, 5.41) is 2.81. The molecule has 0 aromatic heterocycles. The molecule has 1 heterocycles. The average molecular weight is 288 g/mol. The van der Waals surface area contributed by atoms with Crippen molar-refractivity contribution in [1.29, 1.82) is 0 Å². The third kappa shape index (κ3) is 3.84. The number of nitrogens with zero attached hydrogens (tertiary/aromatic N) is 1. The highest BCUT2D eigenvalue weighted by Gasteiger charge is 2.32. The average Bonchev–Trinajstić information content (AvgIpc) is 2.44. The number of rotatable bonds is 5. The van der Waals surface area contributed by atoms with Gasteiger partial charge in [0.2, 0.25) is 11.8 Å². The maximum Gasteiger partial charge on any atom is 0.245 e. The Morgan fingerprint density at radius 2 is 1.90 bits per heavy atom. The number of aryl methyl sites for hydroxylation is 1. The second-order valence-corrected chi connectivity index (χ2v) is 6.07. The van der Waals surface area contributed by atoms with Crippen molar-refractivity contribution < 1.29 is 9.59 Å². The third-order valence-electron chi connectivity index (χ3n) is 3.85. The van der Waals surface area contributed by atoms with Gasteiger partial charge < -0.3 is 10.2 Å². The molecule has 1 aromatic rings. The van der Waals surface area contributed by atoms with Crippen LogP contribution < -0.4 is 5.32 Å². The van der Waals surface area contributed by atoms with Crippen molar-refractivity contribution in [2.45, 2.75) is 46.2 Å². The van der Waals surface area contributed by atoms with Gasteiger partial charge in [0.05, 0.1) is 6.54 Å². The van der Waals surface area contributed by atoms with Gasteiger partial charge in [-0.15, -0.1) is 0 Å². The van der Waals surface area contributed by atoms with Gasteiger partial charge >= 0.3 is 0 Å². The van der Waals surface area contributed by atoms with Crippen molar-refractivity contribution in [3.8, 4) is 0 Å². The Bertz CT molecular complexity index is 525. The third-order valence-corrected chi connectivity index (χ3v) is 3.85. The highest BCUT2D eigenvalue weighted by atomic mass is 16.2. The molecule has 1 aliphatic rings. The minimum Gasteiger partial charge on any atom is -0.343 e. The zero-order chi connectivity index (χ0) is 15.4. The summed E-state index contributed by atoms with van der Waals surface area (Å²) in [7, 11) is 0. The summed E-state index contributed by atoms with van der Waals surface area (Å²) in [4.78, 5) is 26.1. The molecule has 21 heavy (non-hydrogen) atoms. The lowest BCUT2D eigenvalue weighted by Crippen LogP contribution is -2.57. The van der Waals surface area contributed by atoms with Crippen LogP contribution in [0, 0.1) is 5.92 Å². The van der Waals surface area contributed by atoms with Gasteiger partial charge in [-0.2, -0.15) is 0 Å². The van der Waals surface area contributed by atoms with Crippen LogP contribution in [0.3, 0.4) is 0 Å². The molecule has 1 aliphatic heterocycles. The van der Waals surface area contributed by atoms with E-state index < -0.39 is 0 Å². The molecule has 0 aliphatic carbocycles. The molecule has 0 bridgehead atoms. The fourth-order valence-electron chi connectivity index (χ4n) is 2.80. The molecule has 1 unspecified atom stereocenters. The van der Waals surface area contributed by atoms with Crippen molar-refractivity contribution in [2.75, 3.05) is 6.54 Å². The molecule has 1 saturated heterocycles. The van der Waals surface area contributed by atoms with Gasteiger partial charge in [-0.05, 0) is 29.9 Å². The minimum atomic E-state index is -0.375. The molecular formula is C17H24N2O2. The van der Waals surface area contributed by atoms with Gasteiger partial charge in [0.15, 0.2) is 0 Å². The molecule has 1 atom stereocenters. The van der Waals surface area contributed by atoms with Crippen LogP contribution >= 0.6 is 0 Å². The van der Waals surface area contributed by atoms with Crippen molar-refractivity contribution >= 4 is 11.8 Å². The number of piperazine rings is 1. The first kappa shape index (κ1) is 15.5. The number of benzene rings is 1. The summed E-state index contributed by atoms with van der Waals surface area (Å²) in [6.07, 6.45) is 1.62. The molecule has 4 nitrogen and oxygen atoms in total. The molecule has 114 valence electrons. The van der Waals surface area contributed by atoms with Crippen molar-refractivity contribution in [2.24, 2.45) is 5.92 Å². The fourth-order valence-corrected chi connectivity index (χ4v) is 2.80. The Kier molecular flexibility index (Phi) is 4.99. The van der Waals surface area contributed by atoms with E-state index in [2.05, 4.69) is 32.2 Å². The summed E-state index contributed by atoms with van der Waals surface area (Å²) >= 11 is 0. The summed E-state index contributed by atoms with van der Waals surface area (Å²) in [5.41, 5.74) is 2.36. The quantitative estimate of drug-likeness (QED) is 0.902. The first-order valence-corrected chi connectivity index (χ1v) is 7.66. The second-order valence-electron chi connectivity index (χ2n) is 6.07. The van der Waals surface area contributed by atoms with Gasteiger partial charge in [0.25, 0.3) is 0 Å². The zero-order valence-corrected chi connectivity index (χ0v) is 13.1. The molecule has 2 rings (SSSR count). The van der Waals surface area contributed by atoms with Gasteiger partial charge in [-0.1, -0.05) is 45.0 Å². The van der Waals surface area contributed by atoms with Gasteiger partial charge in [0, 0.05) is 6.54 Å². The maximum absolute atomic E-state index is 12.5. The molecule has 1 fully saturated rings. The minimum absolute atomic E-state index is 0.0363. The molecule has 0 spiro atoms. The number of nitrogens with one attached hydrogen (secondary N) is 1. The Balaban J connectivity index is 2.14. The van der Waals surface area contributed by atoms with E-state index in [4.69, 9.17) is 0 Å². The van der Waals surface area contributed by atoms with E-state index in [1.807, 2.05) is 18.2 Å². The van der Waals surface area contributed by atoms with Crippen LogP contribution in [-0.2, 0) is 22.6 Å². The molecule has 1 N–H and O–H groups in total.